The standard InChI is InChI=1S/C13H10F2N2O3/c14-11-4-8(5-12(15)13(11)18)7-16-9-2-1-3-10(6-9)17(19)20/h1-6,16,18H,7H2. The lowest BCUT2D eigenvalue weighted by Crippen LogP contribution is -2.01. The second-order valence-electron chi connectivity index (χ2n) is 4.07. The van der Waals surface area contributed by atoms with Gasteiger partial charge in [0.15, 0.2) is 17.4 Å². The first-order chi connectivity index (χ1) is 9.47. The summed E-state index contributed by atoms with van der Waals surface area (Å²) in [5.41, 5.74) is 0.635. The molecular weight excluding hydrogens is 270 g/mol. The topological polar surface area (TPSA) is 75.4 Å². The van der Waals surface area contributed by atoms with Gasteiger partial charge in [0, 0.05) is 24.4 Å². The Bertz CT molecular complexity index is 639. The molecule has 0 bridgehead atoms. The highest BCUT2D eigenvalue weighted by molar-refractivity contribution is 5.51. The number of nitro benzene ring substituents is 1. The monoisotopic (exact) mass is 280 g/mol. The Kier molecular flexibility index (Phi) is 3.79. The normalized spacial score (nSPS) is 10.3. The zero-order valence-corrected chi connectivity index (χ0v) is 10.1. The molecule has 0 aromatic heterocycles. The maximum Gasteiger partial charge on any atom is 0.271 e. The van der Waals surface area contributed by atoms with E-state index < -0.39 is 22.3 Å². The van der Waals surface area contributed by atoms with Crippen LogP contribution in [0.4, 0.5) is 20.2 Å². The van der Waals surface area contributed by atoms with Crippen molar-refractivity contribution in [2.24, 2.45) is 0 Å². The van der Waals surface area contributed by atoms with Gasteiger partial charge >= 0.3 is 0 Å². The highest BCUT2D eigenvalue weighted by Crippen LogP contribution is 2.22. The smallest absolute Gasteiger partial charge is 0.271 e. The predicted molar refractivity (Wildman–Crippen MR) is 68.4 cm³/mol. The van der Waals surface area contributed by atoms with E-state index in [9.17, 15) is 18.9 Å². The van der Waals surface area contributed by atoms with Crippen molar-refractivity contribution in [3.8, 4) is 5.75 Å². The number of phenolic OH excluding ortho intramolecular Hbond substituents is 1. The molecule has 2 N–H and O–H groups in total. The summed E-state index contributed by atoms with van der Waals surface area (Å²) in [7, 11) is 0. The molecule has 0 saturated heterocycles. The molecule has 104 valence electrons. The minimum Gasteiger partial charge on any atom is -0.503 e. The Balaban J connectivity index is 2.13. The Morgan fingerprint density at radius 2 is 1.85 bits per heavy atom. The molecule has 0 atom stereocenters. The summed E-state index contributed by atoms with van der Waals surface area (Å²) in [4.78, 5) is 10.1. The van der Waals surface area contributed by atoms with Gasteiger partial charge in [0.2, 0.25) is 0 Å². The molecular formula is C13H10F2N2O3. The summed E-state index contributed by atoms with van der Waals surface area (Å²) in [5.74, 6) is -3.13. The highest BCUT2D eigenvalue weighted by Gasteiger charge is 2.10. The van der Waals surface area contributed by atoms with Crippen molar-refractivity contribution in [2.75, 3.05) is 5.32 Å². The number of anilines is 1. The van der Waals surface area contributed by atoms with Gasteiger partial charge < -0.3 is 10.4 Å². The molecule has 0 radical (unpaired) electrons. The third-order valence-corrected chi connectivity index (χ3v) is 2.63. The fraction of sp³-hybridized carbons (Fsp3) is 0.0769. The third-order valence-electron chi connectivity index (χ3n) is 2.63. The third kappa shape index (κ3) is 3.00. The molecule has 5 nitrogen and oxygen atoms in total. The molecule has 2 aromatic carbocycles. The van der Waals surface area contributed by atoms with Crippen LogP contribution in [0.25, 0.3) is 0 Å². The van der Waals surface area contributed by atoms with Gasteiger partial charge in [0.05, 0.1) is 4.92 Å². The summed E-state index contributed by atoms with van der Waals surface area (Å²) < 4.78 is 26.3. The van der Waals surface area contributed by atoms with E-state index in [0.717, 1.165) is 12.1 Å². The largest absolute Gasteiger partial charge is 0.503 e. The molecule has 7 heteroatoms. The summed E-state index contributed by atoms with van der Waals surface area (Å²) in [6, 6.07) is 7.72. The van der Waals surface area contributed by atoms with Crippen LogP contribution in [0, 0.1) is 21.7 Å². The number of benzene rings is 2. The minimum absolute atomic E-state index is 0.0648. The molecule has 0 amide bonds. The van der Waals surface area contributed by atoms with Gasteiger partial charge in [-0.3, -0.25) is 10.1 Å². The number of non-ortho nitro benzene ring substituents is 1. The van der Waals surface area contributed by atoms with Crippen molar-refractivity contribution in [3.05, 3.63) is 63.7 Å². The van der Waals surface area contributed by atoms with E-state index in [4.69, 9.17) is 5.11 Å². The maximum absolute atomic E-state index is 13.1. The van der Waals surface area contributed by atoms with Gasteiger partial charge in [0.25, 0.3) is 5.69 Å². The van der Waals surface area contributed by atoms with Gasteiger partial charge in [-0.1, -0.05) is 6.07 Å². The molecule has 0 aliphatic carbocycles. The van der Waals surface area contributed by atoms with E-state index in [-0.39, 0.29) is 17.8 Å². The highest BCUT2D eigenvalue weighted by atomic mass is 19.1. The lowest BCUT2D eigenvalue weighted by Gasteiger charge is -2.07. The SMILES string of the molecule is O=[N+]([O-])c1cccc(NCc2cc(F)c(O)c(F)c2)c1. The first kappa shape index (κ1) is 13.7. The number of halogens is 2. The summed E-state index contributed by atoms with van der Waals surface area (Å²) in [5, 5.41) is 22.4. The van der Waals surface area contributed by atoms with Crippen LogP contribution in [0.15, 0.2) is 36.4 Å². The molecule has 0 aliphatic rings. The molecule has 0 aliphatic heterocycles. The van der Waals surface area contributed by atoms with Gasteiger partial charge in [0.1, 0.15) is 0 Å². The van der Waals surface area contributed by atoms with Crippen molar-refractivity contribution in [1.29, 1.82) is 0 Å². The first-order valence-corrected chi connectivity index (χ1v) is 5.62. The second-order valence-corrected chi connectivity index (χ2v) is 4.07. The first-order valence-electron chi connectivity index (χ1n) is 5.62. The Morgan fingerprint density at radius 3 is 2.45 bits per heavy atom. The molecule has 0 saturated carbocycles. The number of hydrogen-bond donors (Lipinski definition) is 2. The van der Waals surface area contributed by atoms with E-state index in [1.807, 2.05) is 0 Å². The lowest BCUT2D eigenvalue weighted by molar-refractivity contribution is -0.384. The molecule has 2 aromatic rings. The number of nitrogens with one attached hydrogen (secondary N) is 1. The summed E-state index contributed by atoms with van der Waals surface area (Å²) in [6.45, 7) is 0.0648. The minimum atomic E-state index is -1.05. The molecule has 0 unspecified atom stereocenters. The number of rotatable bonds is 4. The Labute approximate surface area is 112 Å². The van der Waals surface area contributed by atoms with Crippen LogP contribution < -0.4 is 5.32 Å². The Morgan fingerprint density at radius 1 is 1.20 bits per heavy atom. The second kappa shape index (κ2) is 5.52. The van der Waals surface area contributed by atoms with E-state index in [2.05, 4.69) is 5.32 Å². The molecule has 0 spiro atoms. The average molecular weight is 280 g/mol. The lowest BCUT2D eigenvalue weighted by atomic mass is 10.2. The quantitative estimate of drug-likeness (QED) is 0.666. The van der Waals surface area contributed by atoms with Crippen molar-refractivity contribution in [1.82, 2.24) is 0 Å². The van der Waals surface area contributed by atoms with Crippen molar-refractivity contribution >= 4 is 11.4 Å². The molecule has 20 heavy (non-hydrogen) atoms. The van der Waals surface area contributed by atoms with Gasteiger partial charge in [-0.25, -0.2) is 8.78 Å². The van der Waals surface area contributed by atoms with Crippen LogP contribution in [0.3, 0.4) is 0 Å². The number of hydrogen-bond acceptors (Lipinski definition) is 4. The molecule has 2 rings (SSSR count). The van der Waals surface area contributed by atoms with Gasteiger partial charge in [-0.2, -0.15) is 0 Å². The van der Waals surface area contributed by atoms with Crippen molar-refractivity contribution < 1.29 is 18.8 Å². The van der Waals surface area contributed by atoms with Crippen LogP contribution >= 0.6 is 0 Å². The van der Waals surface area contributed by atoms with Gasteiger partial charge in [-0.05, 0) is 23.8 Å². The summed E-state index contributed by atoms with van der Waals surface area (Å²) >= 11 is 0. The predicted octanol–water partition coefficient (Wildman–Crippen LogP) is 3.19. The maximum atomic E-state index is 13.1. The number of nitro groups is 1. The van der Waals surface area contributed by atoms with Crippen LogP contribution in [0.5, 0.6) is 5.75 Å². The zero-order valence-electron chi connectivity index (χ0n) is 10.1. The van der Waals surface area contributed by atoms with Gasteiger partial charge in [-0.15, -0.1) is 0 Å². The summed E-state index contributed by atoms with van der Waals surface area (Å²) in [6.07, 6.45) is 0. The van der Waals surface area contributed by atoms with Crippen LogP contribution in [-0.4, -0.2) is 10.0 Å². The number of aromatic hydroxyl groups is 1. The van der Waals surface area contributed by atoms with Crippen LogP contribution in [-0.2, 0) is 6.54 Å². The Hall–Kier alpha value is -2.70. The fourth-order valence-electron chi connectivity index (χ4n) is 1.65. The van der Waals surface area contributed by atoms with Crippen LogP contribution in [0.1, 0.15) is 5.56 Å². The average Bonchev–Trinajstić information content (AvgIpc) is 2.42. The molecule has 0 fully saturated rings. The fourth-order valence-corrected chi connectivity index (χ4v) is 1.65. The van der Waals surface area contributed by atoms with E-state index in [1.54, 1.807) is 6.07 Å². The van der Waals surface area contributed by atoms with Crippen LogP contribution in [0.2, 0.25) is 0 Å². The zero-order chi connectivity index (χ0) is 14.7. The van der Waals surface area contributed by atoms with Crippen molar-refractivity contribution in [2.45, 2.75) is 6.54 Å². The van der Waals surface area contributed by atoms with E-state index in [0.29, 0.717) is 5.69 Å². The van der Waals surface area contributed by atoms with Crippen molar-refractivity contribution in [3.63, 3.8) is 0 Å². The number of nitrogens with zero attached hydrogens (tertiary/aromatic N) is 1. The van der Waals surface area contributed by atoms with E-state index >= 15 is 0 Å². The number of phenols is 1. The van der Waals surface area contributed by atoms with E-state index in [1.165, 1.54) is 18.2 Å². The molecule has 0 heterocycles.